The zero-order chi connectivity index (χ0) is 32.6. The fourth-order valence-electron chi connectivity index (χ4n) is 5.44. The Balaban J connectivity index is 1.71. The number of halogens is 3. The van der Waals surface area contributed by atoms with Crippen LogP contribution in [0.3, 0.4) is 0 Å². The maximum atomic E-state index is 14.3. The lowest BCUT2D eigenvalue weighted by Gasteiger charge is -2.34. The van der Waals surface area contributed by atoms with E-state index in [-0.39, 0.29) is 40.5 Å². The molecule has 0 aliphatic heterocycles. The van der Waals surface area contributed by atoms with Crippen molar-refractivity contribution in [3.05, 3.63) is 88.2 Å². The number of nitrogens with one attached hydrogen (secondary N) is 1. The van der Waals surface area contributed by atoms with Crippen LogP contribution in [-0.4, -0.2) is 50.4 Å². The van der Waals surface area contributed by atoms with Gasteiger partial charge in [0.2, 0.25) is 11.8 Å². The van der Waals surface area contributed by atoms with Crippen LogP contribution in [0.2, 0.25) is 10.0 Å². The van der Waals surface area contributed by atoms with Crippen LogP contribution in [0, 0.1) is 5.82 Å². The lowest BCUT2D eigenvalue weighted by Crippen LogP contribution is -2.54. The standard InChI is InChI=1S/C33H38Cl2FN3O5S/c1-3-31(33(41)37-25-8-6-5-7-9-25)38(21-23-10-19-29(34)30(35)20-23)32(40)22-39(26-13-11-24(36)12-14-26)45(42,43)28-17-15-27(16-18-28)44-4-2/h10-20,25,31H,3-9,21-22H2,1-2H3,(H,37,41)/t31-/m1/s1. The van der Waals surface area contributed by atoms with Gasteiger partial charge in [0.05, 0.1) is 27.2 Å². The summed E-state index contributed by atoms with van der Waals surface area (Å²) >= 11 is 12.4. The van der Waals surface area contributed by atoms with Crippen LogP contribution in [0.5, 0.6) is 5.75 Å². The van der Waals surface area contributed by atoms with Gasteiger partial charge < -0.3 is 15.0 Å². The number of sulfonamides is 1. The Morgan fingerprint density at radius 1 is 0.956 bits per heavy atom. The summed E-state index contributed by atoms with van der Waals surface area (Å²) in [5, 5.41) is 3.73. The molecule has 1 atom stereocenters. The number of hydrogen-bond acceptors (Lipinski definition) is 5. The molecule has 1 fully saturated rings. The lowest BCUT2D eigenvalue weighted by atomic mass is 9.95. The molecule has 0 saturated heterocycles. The number of anilines is 1. The first-order valence-electron chi connectivity index (χ1n) is 15.1. The SMILES string of the molecule is CCOc1ccc(S(=O)(=O)N(CC(=O)N(Cc2ccc(Cl)c(Cl)c2)[C@H](CC)C(=O)NC2CCCCC2)c2ccc(F)cc2)cc1. The van der Waals surface area contributed by atoms with E-state index in [1.54, 1.807) is 25.1 Å². The molecule has 1 saturated carbocycles. The number of amides is 2. The van der Waals surface area contributed by atoms with Gasteiger partial charge in [0.1, 0.15) is 24.2 Å². The Kier molecular flexibility index (Phi) is 12.1. The molecule has 3 aromatic rings. The van der Waals surface area contributed by atoms with E-state index in [0.29, 0.717) is 22.9 Å². The van der Waals surface area contributed by atoms with E-state index in [9.17, 15) is 22.4 Å². The monoisotopic (exact) mass is 677 g/mol. The first-order valence-corrected chi connectivity index (χ1v) is 17.3. The van der Waals surface area contributed by atoms with Crippen LogP contribution in [0.25, 0.3) is 0 Å². The highest BCUT2D eigenvalue weighted by atomic mass is 35.5. The Labute approximate surface area is 274 Å². The molecule has 45 heavy (non-hydrogen) atoms. The van der Waals surface area contributed by atoms with Crippen LogP contribution >= 0.6 is 23.2 Å². The minimum atomic E-state index is -4.32. The molecule has 1 aliphatic carbocycles. The van der Waals surface area contributed by atoms with Crippen molar-refractivity contribution in [1.29, 1.82) is 0 Å². The molecule has 8 nitrogen and oxygen atoms in total. The van der Waals surface area contributed by atoms with Crippen LogP contribution < -0.4 is 14.4 Å². The maximum Gasteiger partial charge on any atom is 0.264 e. The van der Waals surface area contributed by atoms with E-state index in [1.165, 1.54) is 41.3 Å². The minimum Gasteiger partial charge on any atom is -0.494 e. The molecular weight excluding hydrogens is 640 g/mol. The summed E-state index contributed by atoms with van der Waals surface area (Å²) in [5.41, 5.74) is 0.706. The van der Waals surface area contributed by atoms with Gasteiger partial charge in [-0.15, -0.1) is 0 Å². The number of nitrogens with zero attached hydrogens (tertiary/aromatic N) is 2. The third-order valence-corrected chi connectivity index (χ3v) is 10.3. The Hall–Kier alpha value is -3.34. The molecule has 1 N–H and O–H groups in total. The topological polar surface area (TPSA) is 96.0 Å². The van der Waals surface area contributed by atoms with Crippen molar-refractivity contribution in [2.45, 2.75) is 75.9 Å². The van der Waals surface area contributed by atoms with E-state index in [1.807, 2.05) is 6.92 Å². The smallest absolute Gasteiger partial charge is 0.264 e. The number of ether oxygens (including phenoxy) is 1. The first-order chi connectivity index (χ1) is 21.5. The number of hydrogen-bond donors (Lipinski definition) is 1. The minimum absolute atomic E-state index is 0.0120. The van der Waals surface area contributed by atoms with Gasteiger partial charge in [0, 0.05) is 12.6 Å². The largest absolute Gasteiger partial charge is 0.494 e. The highest BCUT2D eigenvalue weighted by Crippen LogP contribution is 2.28. The van der Waals surface area contributed by atoms with Gasteiger partial charge in [-0.2, -0.15) is 0 Å². The summed E-state index contributed by atoms with van der Waals surface area (Å²) in [7, 11) is -4.32. The molecule has 0 aromatic heterocycles. The molecule has 0 heterocycles. The normalized spacial score (nSPS) is 14.4. The zero-order valence-corrected chi connectivity index (χ0v) is 27.7. The Morgan fingerprint density at radius 2 is 1.62 bits per heavy atom. The van der Waals surface area contributed by atoms with E-state index in [4.69, 9.17) is 27.9 Å². The maximum absolute atomic E-state index is 14.3. The molecule has 0 bridgehead atoms. The summed E-state index contributed by atoms with van der Waals surface area (Å²) in [5.74, 6) is -0.996. The Bertz CT molecular complexity index is 1570. The molecule has 3 aromatic carbocycles. The number of rotatable bonds is 13. The third-order valence-electron chi connectivity index (χ3n) is 7.79. The highest BCUT2D eigenvalue weighted by molar-refractivity contribution is 7.92. The second-order valence-corrected chi connectivity index (χ2v) is 13.6. The molecule has 12 heteroatoms. The Morgan fingerprint density at radius 3 is 2.22 bits per heavy atom. The molecule has 2 amide bonds. The van der Waals surface area contributed by atoms with Gasteiger partial charge in [-0.1, -0.05) is 55.5 Å². The van der Waals surface area contributed by atoms with Crippen molar-refractivity contribution in [2.24, 2.45) is 0 Å². The molecule has 0 spiro atoms. The first kappa shape index (κ1) is 34.5. The van der Waals surface area contributed by atoms with Crippen molar-refractivity contribution >= 4 is 50.7 Å². The number of carbonyl (C=O) groups excluding carboxylic acids is 2. The molecule has 0 unspecified atom stereocenters. The van der Waals surface area contributed by atoms with Gasteiger partial charge in [-0.25, -0.2) is 12.8 Å². The quantitative estimate of drug-likeness (QED) is 0.211. The van der Waals surface area contributed by atoms with Crippen molar-refractivity contribution in [2.75, 3.05) is 17.5 Å². The average Bonchev–Trinajstić information content (AvgIpc) is 3.03. The second-order valence-electron chi connectivity index (χ2n) is 10.9. The van der Waals surface area contributed by atoms with Crippen molar-refractivity contribution in [1.82, 2.24) is 10.2 Å². The predicted molar refractivity (Wildman–Crippen MR) is 175 cm³/mol. The summed E-state index contributed by atoms with van der Waals surface area (Å²) in [6.45, 7) is 3.36. The van der Waals surface area contributed by atoms with Crippen LogP contribution in [0.1, 0.15) is 57.9 Å². The van der Waals surface area contributed by atoms with Crippen molar-refractivity contribution in [3.8, 4) is 5.75 Å². The van der Waals surface area contributed by atoms with Gasteiger partial charge in [0.25, 0.3) is 10.0 Å². The fraction of sp³-hybridized carbons (Fsp3) is 0.394. The van der Waals surface area contributed by atoms with Gasteiger partial charge in [-0.3, -0.25) is 13.9 Å². The van der Waals surface area contributed by atoms with Gasteiger partial charge in [0.15, 0.2) is 0 Å². The second kappa shape index (κ2) is 15.8. The molecular formula is C33H38Cl2FN3O5S. The summed E-state index contributed by atoms with van der Waals surface area (Å²) < 4.78 is 48.3. The number of benzene rings is 3. The summed E-state index contributed by atoms with van der Waals surface area (Å²) in [6.07, 6.45) is 5.16. The lowest BCUT2D eigenvalue weighted by molar-refractivity contribution is -0.140. The molecule has 4 rings (SSSR count). The fourth-order valence-corrected chi connectivity index (χ4v) is 7.17. The third kappa shape index (κ3) is 8.89. The average molecular weight is 679 g/mol. The summed E-state index contributed by atoms with van der Waals surface area (Å²) in [6, 6.07) is 14.7. The van der Waals surface area contributed by atoms with Crippen LogP contribution in [0.15, 0.2) is 71.6 Å². The van der Waals surface area contributed by atoms with Crippen LogP contribution in [-0.2, 0) is 26.2 Å². The van der Waals surface area contributed by atoms with Gasteiger partial charge >= 0.3 is 0 Å². The van der Waals surface area contributed by atoms with Gasteiger partial charge in [-0.05, 0) is 92.4 Å². The molecule has 242 valence electrons. The van der Waals surface area contributed by atoms with E-state index >= 15 is 0 Å². The van der Waals surface area contributed by atoms with E-state index in [0.717, 1.165) is 48.5 Å². The highest BCUT2D eigenvalue weighted by Gasteiger charge is 2.34. The van der Waals surface area contributed by atoms with Crippen molar-refractivity contribution < 1.29 is 27.1 Å². The van der Waals surface area contributed by atoms with E-state index in [2.05, 4.69) is 5.32 Å². The molecule has 1 aliphatic rings. The predicted octanol–water partition coefficient (Wildman–Crippen LogP) is 6.98. The van der Waals surface area contributed by atoms with E-state index < -0.39 is 34.3 Å². The van der Waals surface area contributed by atoms with Crippen LogP contribution in [0.4, 0.5) is 10.1 Å². The molecule has 0 radical (unpaired) electrons. The summed E-state index contributed by atoms with van der Waals surface area (Å²) in [4.78, 5) is 29.2. The van der Waals surface area contributed by atoms with Crippen molar-refractivity contribution in [3.63, 3.8) is 0 Å². The zero-order valence-electron chi connectivity index (χ0n) is 25.3. The number of carbonyl (C=O) groups is 2.